The predicted octanol–water partition coefficient (Wildman–Crippen LogP) is 33.5. The molecular formula is C122H113N5. The van der Waals surface area contributed by atoms with Crippen molar-refractivity contribution in [3.63, 3.8) is 0 Å². The Morgan fingerprint density at radius 1 is 0.268 bits per heavy atom. The molecule has 5 nitrogen and oxygen atoms in total. The molecule has 2 heterocycles. The fourth-order valence-corrected chi connectivity index (χ4v) is 23.6. The lowest BCUT2D eigenvalue weighted by atomic mass is 9.82. The van der Waals surface area contributed by atoms with E-state index in [0.29, 0.717) is 0 Å². The molecule has 9 unspecified atom stereocenters. The van der Waals surface area contributed by atoms with E-state index in [2.05, 4.69) is 419 Å². The van der Waals surface area contributed by atoms with Gasteiger partial charge in [0.05, 0.1) is 23.3 Å². The number of nitrogens with zero attached hydrogens (tertiary/aromatic N) is 5. The van der Waals surface area contributed by atoms with E-state index in [1.54, 1.807) is 0 Å². The number of anilines is 9. The van der Waals surface area contributed by atoms with Crippen LogP contribution in [-0.4, -0.2) is 9.97 Å². The van der Waals surface area contributed by atoms with Crippen LogP contribution in [-0.2, 0) is 5.41 Å². The molecule has 127 heavy (non-hydrogen) atoms. The maximum absolute atomic E-state index is 5.05. The van der Waals surface area contributed by atoms with Gasteiger partial charge in [0.25, 0.3) is 0 Å². The Hall–Kier alpha value is -13.2. The first-order valence-electron chi connectivity index (χ1n) is 46.9. The van der Waals surface area contributed by atoms with Crippen molar-refractivity contribution in [1.82, 2.24) is 9.97 Å². The van der Waals surface area contributed by atoms with Crippen molar-refractivity contribution in [2.45, 2.75) is 142 Å². The van der Waals surface area contributed by atoms with E-state index >= 15 is 0 Å². The molecule has 7 aliphatic rings. The van der Waals surface area contributed by atoms with Crippen LogP contribution in [0.15, 0.2) is 377 Å². The highest BCUT2D eigenvalue weighted by atomic mass is 15.2. The van der Waals surface area contributed by atoms with Gasteiger partial charge in [-0.05, 0) is 371 Å². The highest BCUT2D eigenvalue weighted by Gasteiger charge is 2.43. The molecule has 6 bridgehead atoms. The summed E-state index contributed by atoms with van der Waals surface area (Å²) in [6, 6.07) is 132. The number of fused-ring (bicyclic) bond motifs is 9. The molecule has 9 atom stereocenters. The Bertz CT molecular complexity index is 6500. The summed E-state index contributed by atoms with van der Waals surface area (Å²) in [5.41, 5.74) is 40.4. The second-order valence-corrected chi connectivity index (χ2v) is 38.1. The summed E-state index contributed by atoms with van der Waals surface area (Å²) in [5.74, 6) is 7.75. The normalized spacial score (nSPS) is 19.8. The molecule has 0 spiro atoms. The summed E-state index contributed by atoms with van der Waals surface area (Å²) < 4.78 is 0. The van der Waals surface area contributed by atoms with Crippen LogP contribution in [0.25, 0.3) is 78.0 Å². The van der Waals surface area contributed by atoms with Crippen LogP contribution in [0.2, 0.25) is 0 Å². The van der Waals surface area contributed by atoms with Gasteiger partial charge in [-0.2, -0.15) is 0 Å². The van der Waals surface area contributed by atoms with Gasteiger partial charge in [-0.25, -0.2) is 0 Å². The minimum absolute atomic E-state index is 0.0256. The van der Waals surface area contributed by atoms with Crippen LogP contribution < -0.4 is 14.7 Å². The second-order valence-electron chi connectivity index (χ2n) is 38.1. The van der Waals surface area contributed by atoms with Crippen LogP contribution in [0.5, 0.6) is 0 Å². The molecule has 2 aromatic heterocycles. The van der Waals surface area contributed by atoms with Gasteiger partial charge in [0.1, 0.15) is 0 Å². The summed E-state index contributed by atoms with van der Waals surface area (Å²) in [6.45, 7) is 13.5. The smallest absolute Gasteiger partial charge is 0.0709 e. The van der Waals surface area contributed by atoms with Gasteiger partial charge in [-0.3, -0.25) is 9.97 Å². The standard InChI is InChI=1S/C46H41N.C39H39N3.C37H33N/c1-46(2)44-11-7-6-10-41(44)43-30-36(20-27-45(43)46)34-16-23-39(24-17-34)47(38-21-14-33(15-22-38)32-8-4-3-5-9-32)40-25-18-35(19-26-40)42-29-31-12-13-37(42)28-31;1-25-21-26(2)28(4)39(27(25)3)38-16-15-36(24-41-38)42(34-11-7-30(8-12-34)31-17-19-40-20-18-31)35-13-9-32(10-14-35)37-23-29-5-6-33(37)22-29;1-3-9-28(10-4-1)29-17-21-33(22-18-29)38(37-14-8-7-13-35(37)30-11-5-2-6-12-30)34-23-19-31(20-24-34)36-26-27-15-16-32(36)25-27/h3-11,14-27,30-31,37,42H,12-13,28-29H2,1-2H3;7-21,24,29,33,37H,5-6,22-23H2,1-4H3;1-14,17-24,27,32,36H,15-16,25-26H2. The van der Waals surface area contributed by atoms with Crippen LogP contribution in [0, 0.1) is 63.2 Å². The van der Waals surface area contributed by atoms with E-state index in [4.69, 9.17) is 4.98 Å². The number of pyridine rings is 2. The van der Waals surface area contributed by atoms with Crippen molar-refractivity contribution >= 4 is 51.2 Å². The summed E-state index contributed by atoms with van der Waals surface area (Å²) in [4.78, 5) is 16.4. The van der Waals surface area contributed by atoms with E-state index in [0.717, 1.165) is 76.0 Å². The molecule has 6 fully saturated rings. The summed E-state index contributed by atoms with van der Waals surface area (Å²) in [7, 11) is 0. The van der Waals surface area contributed by atoms with Crippen LogP contribution in [0.4, 0.5) is 51.2 Å². The Labute approximate surface area is 752 Å². The summed E-state index contributed by atoms with van der Waals surface area (Å²) in [6.07, 6.45) is 22.7. The van der Waals surface area contributed by atoms with Crippen molar-refractivity contribution in [1.29, 1.82) is 0 Å². The molecule has 0 radical (unpaired) electrons. The topological polar surface area (TPSA) is 35.5 Å². The Morgan fingerprint density at radius 2 is 0.606 bits per heavy atom. The van der Waals surface area contributed by atoms with Crippen molar-refractivity contribution in [2.24, 2.45) is 35.5 Å². The zero-order valence-corrected chi connectivity index (χ0v) is 74.2. The van der Waals surface area contributed by atoms with Crippen molar-refractivity contribution in [2.75, 3.05) is 14.7 Å². The molecule has 7 aliphatic carbocycles. The SMILES string of the molecule is CC1(C)c2ccccc2-c2cc(-c3ccc(N(c4ccc(-c5ccccc5)cc4)c4ccc(C5CC6CCC5C6)cc4)cc3)ccc21.Cc1cc(C)c(C)c(-c2ccc(N(c3ccc(-c4ccncc4)cc3)c3ccc(C4CC5CCC4C5)cc3)cn2)c1C.c1ccc(-c2ccc(N(c3ccc(C4CC5CCC4C5)cc3)c3ccccc3-c3ccccc3)cc2)cc1. The average molecular weight is 1650 g/mol. The molecule has 14 aromatic carbocycles. The number of rotatable bonds is 18. The number of hydrogen-bond donors (Lipinski definition) is 0. The Morgan fingerprint density at radius 3 is 1.02 bits per heavy atom. The molecule has 5 heteroatoms. The first kappa shape index (κ1) is 80.9. The molecular weight excluding hydrogens is 1540 g/mol. The minimum atomic E-state index is 0.0256. The molecule has 6 saturated carbocycles. The number of aryl methyl sites for hydroxylation is 2. The predicted molar refractivity (Wildman–Crippen MR) is 533 cm³/mol. The van der Waals surface area contributed by atoms with Gasteiger partial charge >= 0.3 is 0 Å². The molecule has 23 rings (SSSR count). The average Bonchev–Trinajstić information content (AvgIpc) is 1.62. The maximum Gasteiger partial charge on any atom is 0.0709 e. The van der Waals surface area contributed by atoms with E-state index in [9.17, 15) is 0 Å². The fraction of sp³-hybridized carbons (Fsp3) is 0.230. The van der Waals surface area contributed by atoms with Gasteiger partial charge in [-0.1, -0.05) is 270 Å². The van der Waals surface area contributed by atoms with E-state index in [1.807, 2.05) is 18.6 Å². The summed E-state index contributed by atoms with van der Waals surface area (Å²) in [5, 5.41) is 0. The van der Waals surface area contributed by atoms with Crippen molar-refractivity contribution in [3.05, 3.63) is 427 Å². The third-order valence-corrected chi connectivity index (χ3v) is 30.5. The molecule has 0 aliphatic heterocycles. The van der Waals surface area contributed by atoms with Gasteiger partial charge in [0.15, 0.2) is 0 Å². The van der Waals surface area contributed by atoms with Gasteiger partial charge in [-0.15, -0.1) is 0 Å². The van der Waals surface area contributed by atoms with Gasteiger partial charge in [0, 0.05) is 68.7 Å². The highest BCUT2D eigenvalue weighted by Crippen LogP contribution is 2.57. The van der Waals surface area contributed by atoms with Crippen molar-refractivity contribution in [3.8, 4) is 78.0 Å². The zero-order valence-electron chi connectivity index (χ0n) is 74.2. The molecule has 0 saturated heterocycles. The largest absolute Gasteiger partial charge is 0.311 e. The van der Waals surface area contributed by atoms with E-state index in [-0.39, 0.29) is 5.41 Å². The number of para-hydroxylation sites is 1. The van der Waals surface area contributed by atoms with Crippen LogP contribution >= 0.6 is 0 Å². The minimum Gasteiger partial charge on any atom is -0.311 e. The monoisotopic (exact) mass is 1650 g/mol. The van der Waals surface area contributed by atoms with Crippen LogP contribution in [0.3, 0.4) is 0 Å². The number of hydrogen-bond acceptors (Lipinski definition) is 5. The Balaban J connectivity index is 0.000000117. The molecule has 0 amide bonds. The van der Waals surface area contributed by atoms with Gasteiger partial charge < -0.3 is 14.7 Å². The number of aromatic nitrogens is 2. The zero-order chi connectivity index (χ0) is 85.6. The lowest BCUT2D eigenvalue weighted by molar-refractivity contribution is 0.420. The molecule has 16 aromatic rings. The van der Waals surface area contributed by atoms with E-state index < -0.39 is 0 Å². The first-order valence-corrected chi connectivity index (χ1v) is 46.9. The maximum atomic E-state index is 5.05. The first-order chi connectivity index (χ1) is 62.3. The quantitative estimate of drug-likeness (QED) is 0.0856. The molecule has 0 N–H and O–H groups in total. The fourth-order valence-electron chi connectivity index (χ4n) is 23.6. The highest BCUT2D eigenvalue weighted by molar-refractivity contribution is 5.90. The third kappa shape index (κ3) is 16.1. The lowest BCUT2D eigenvalue weighted by Gasteiger charge is -2.29. The Kier molecular flexibility index (Phi) is 22.3. The third-order valence-electron chi connectivity index (χ3n) is 30.5. The van der Waals surface area contributed by atoms with Gasteiger partial charge in [0.2, 0.25) is 0 Å². The molecule has 626 valence electrons. The second kappa shape index (κ2) is 35.0. The van der Waals surface area contributed by atoms with Crippen molar-refractivity contribution < 1.29 is 0 Å². The van der Waals surface area contributed by atoms with Crippen LogP contribution in [0.1, 0.15) is 159 Å². The van der Waals surface area contributed by atoms with E-state index in [1.165, 1.54) is 234 Å². The number of benzene rings is 14. The summed E-state index contributed by atoms with van der Waals surface area (Å²) >= 11 is 0. The lowest BCUT2D eigenvalue weighted by Crippen LogP contribution is -2.14.